The Morgan fingerprint density at radius 3 is 0.750 bits per heavy atom. The average Bonchev–Trinajstić information content (AvgIpc) is 1.62. The maximum absolute atomic E-state index is 13.8. The van der Waals surface area contributed by atoms with Crippen molar-refractivity contribution in [3.63, 3.8) is 0 Å². The fourth-order valence-corrected chi connectivity index (χ4v) is 16.4. The summed E-state index contributed by atoms with van der Waals surface area (Å²) < 4.78 is 149. The van der Waals surface area contributed by atoms with Crippen LogP contribution in [0.1, 0.15) is 91.5 Å². The van der Waals surface area contributed by atoms with Gasteiger partial charge in [-0.2, -0.15) is 24.3 Å². The quantitative estimate of drug-likeness (QED) is 0.0169. The zero-order valence-corrected chi connectivity index (χ0v) is 88.4. The van der Waals surface area contributed by atoms with Crippen LogP contribution in [-0.2, 0) is 50.8 Å². The Hall–Kier alpha value is -9.19. The second kappa shape index (κ2) is 45.8. The number of ketones is 4. The fourth-order valence-electron chi connectivity index (χ4n) is 15.1. The Morgan fingerprint density at radius 1 is 0.272 bits per heavy atom. The molecule has 0 unspecified atom stereocenters. The zero-order chi connectivity index (χ0) is 91.1. The molecular formula is C108H74K4O22S2. The van der Waals surface area contributed by atoms with Gasteiger partial charge in [-0.1, -0.05) is 89.5 Å². The Morgan fingerprint density at radius 2 is 0.493 bits per heavy atom. The first-order valence-electron chi connectivity index (χ1n) is 41.5. The molecule has 136 heavy (non-hydrogen) atoms. The van der Waals surface area contributed by atoms with Crippen LogP contribution in [0.4, 0.5) is 0 Å². The first-order valence-corrected chi connectivity index (χ1v) is 44.3. The number of carbonyl (C=O) groups is 4. The molecule has 2 aliphatic heterocycles. The maximum Gasteiger partial charge on any atom is 1.00 e. The molecule has 0 amide bonds. The van der Waals surface area contributed by atoms with Gasteiger partial charge in [0.05, 0.1) is 43.3 Å². The summed E-state index contributed by atoms with van der Waals surface area (Å²) in [7, 11) is -8.70. The summed E-state index contributed by atoms with van der Waals surface area (Å²) in [6, 6.07) is 107. The molecule has 22 nitrogen and oxygen atoms in total. The van der Waals surface area contributed by atoms with E-state index >= 15 is 0 Å². The van der Waals surface area contributed by atoms with Crippen LogP contribution in [0.5, 0.6) is 86.2 Å². The number of hydrogen-bond acceptors (Lipinski definition) is 22. The molecule has 0 bridgehead atoms. The third-order valence-corrected chi connectivity index (χ3v) is 23.7. The molecule has 0 radical (unpaired) electrons. The standard InChI is InChI=1S/C108H76O22S2.4K/c1-69-3-27-82(28-4-69)107(120-63-64-121-107)83-29-55-94(56-30-83)127-92-51-21-78(22-52-92)105(111)80-25-61-99(101(67-80)131(113,114)115)130-98-43-11-73(12-44-98)71-7-39-88(40-8-71)125-90-47-17-76(18-48-90)104(110)77-19-49-91(50-20-77)126-95-57-31-84(32-58-95)108(122-65-66-123-108)85-33-59-96(60-34-85)128-93-53-23-79(24-54-93)106(112)81-26-62-100(102(68-81)132(116,117)118)129-97-41-9-72(10-42-97)70-5-37-87(38-6-70)124-89-45-15-75(16-46-89)103(109)74-13-35-86(119-2)36-14-74;;;;/h3-51,53,55-62,67-68H,63-66H2,1-2H3,(H,113,114,115)(H,116,117,118);;;;/q-2;4*+1/p-2. The van der Waals surface area contributed by atoms with E-state index in [4.69, 9.17) is 56.8 Å². The smallest absolute Gasteiger partial charge is 0.744 e. The van der Waals surface area contributed by atoms with Crippen molar-refractivity contribution in [2.24, 2.45) is 0 Å². The fraction of sp³-hybridized carbons (Fsp3) is 0.0741. The molecule has 0 saturated carbocycles. The monoisotopic (exact) mass is 1940 g/mol. The summed E-state index contributed by atoms with van der Waals surface area (Å²) in [5.74, 6) is 1.53. The Bertz CT molecular complexity index is 7190. The van der Waals surface area contributed by atoms with Crippen LogP contribution in [0, 0.1) is 19.1 Å². The van der Waals surface area contributed by atoms with Gasteiger partial charge in [-0.05, 0) is 284 Å². The van der Waals surface area contributed by atoms with Gasteiger partial charge in [0.25, 0.3) is 0 Å². The van der Waals surface area contributed by atoms with E-state index in [1.165, 1.54) is 54.6 Å². The van der Waals surface area contributed by atoms with Gasteiger partial charge in [0.15, 0.2) is 11.6 Å². The molecule has 28 heteroatoms. The maximum atomic E-state index is 13.8. The SMILES string of the molecule is COc1ccc(C(=O)c2ccc(Oc3ccc(-c4ccc(Oc5ccc(C(=O)c6c[c-]c(Oc7ccc(C8(c9ccc(Oc%10ccc(C(=O)c%11ccc(Oc%12ccc(-c%13ccc(Oc%14ccc(C(=O)c%15c[c-]c(Oc%16ccc(C%17(c%18ccc(C)cc%18)OCCO%17)cc%16)cc%15)cc%14S(=O)(=O)[O-])cc%13)cc%12)cc%11)cc%10)cc9)OCCO8)cc7)cc6)cc5S(=O)(=O)[O-])cc4)cc3)cc2)cc1.[K+].[K+].[K+].[K+]. The number of aryl methyl sites for hydroxylation is 1. The molecule has 654 valence electrons. The summed E-state index contributed by atoms with van der Waals surface area (Å²) in [5.41, 5.74) is 9.55. The Kier molecular flexibility index (Phi) is 34.6. The molecule has 0 N–H and O–H groups in total. The molecule has 2 aliphatic rings. The molecule has 0 aliphatic carbocycles. The van der Waals surface area contributed by atoms with Crippen LogP contribution in [0.2, 0.25) is 0 Å². The van der Waals surface area contributed by atoms with E-state index in [0.717, 1.165) is 51.1 Å². The van der Waals surface area contributed by atoms with Crippen LogP contribution in [0.25, 0.3) is 22.3 Å². The van der Waals surface area contributed by atoms with Gasteiger partial charge in [-0.25, -0.2) is 16.8 Å². The van der Waals surface area contributed by atoms with Crippen molar-refractivity contribution >= 4 is 43.4 Å². The second-order valence-corrected chi connectivity index (χ2v) is 33.3. The van der Waals surface area contributed by atoms with E-state index in [-0.39, 0.29) is 268 Å². The molecule has 2 saturated heterocycles. The predicted molar refractivity (Wildman–Crippen MR) is 486 cm³/mol. The minimum Gasteiger partial charge on any atom is -0.744 e. The van der Waals surface area contributed by atoms with Crippen LogP contribution in [0.3, 0.4) is 0 Å². The minimum absolute atomic E-state index is 0. The van der Waals surface area contributed by atoms with Crippen LogP contribution < -0.4 is 243 Å². The third-order valence-electron chi connectivity index (χ3n) is 22.0. The molecule has 18 rings (SSSR count). The molecular weight excluding hydrogens is 1870 g/mol. The van der Waals surface area contributed by atoms with Crippen molar-refractivity contribution in [3.05, 3.63) is 448 Å². The average molecular weight is 1940 g/mol. The van der Waals surface area contributed by atoms with Crippen molar-refractivity contribution in [2.45, 2.75) is 28.3 Å². The number of hydrogen-bond donors (Lipinski definition) is 0. The predicted octanol–water partition coefficient (Wildman–Crippen LogP) is 10.7. The summed E-state index contributed by atoms with van der Waals surface area (Å²) in [4.78, 5) is 52.8. The number of carbonyl (C=O) groups excluding carboxylic acids is 4. The molecule has 16 aromatic rings. The van der Waals surface area contributed by atoms with Gasteiger partial charge in [0.2, 0.25) is 11.6 Å². The Labute approximate surface area is 955 Å². The second-order valence-electron chi connectivity index (χ2n) is 30.6. The van der Waals surface area contributed by atoms with E-state index in [0.29, 0.717) is 117 Å². The van der Waals surface area contributed by atoms with Crippen molar-refractivity contribution in [2.75, 3.05) is 33.5 Å². The number of benzene rings is 16. The minimum atomic E-state index is -5.14. The summed E-state index contributed by atoms with van der Waals surface area (Å²) in [6.07, 6.45) is 0. The van der Waals surface area contributed by atoms with E-state index in [9.17, 15) is 45.1 Å². The molecule has 0 atom stereocenters. The van der Waals surface area contributed by atoms with Gasteiger partial charge in [0, 0.05) is 67.1 Å². The van der Waals surface area contributed by atoms with Gasteiger partial charge in [-0.3, -0.25) is 9.59 Å². The van der Waals surface area contributed by atoms with Gasteiger partial charge >= 0.3 is 206 Å². The largest absolute Gasteiger partial charge is 1.00 e. The van der Waals surface area contributed by atoms with Crippen molar-refractivity contribution in [1.29, 1.82) is 0 Å². The first kappa shape index (κ1) is 103. The zero-order valence-electron chi connectivity index (χ0n) is 74.3. The normalized spacial score (nSPS) is 12.9. The molecule has 0 aromatic heterocycles. The van der Waals surface area contributed by atoms with Gasteiger partial charge < -0.3 is 75.5 Å². The summed E-state index contributed by atoms with van der Waals surface area (Å²) >= 11 is 0. The first-order chi connectivity index (χ1) is 64.0. The summed E-state index contributed by atoms with van der Waals surface area (Å²) in [5, 5.41) is 0. The van der Waals surface area contributed by atoms with Crippen LogP contribution >= 0.6 is 0 Å². The number of rotatable bonds is 31. The summed E-state index contributed by atoms with van der Waals surface area (Å²) in [6.45, 7) is 3.55. The number of ether oxygens (including phenoxy) is 12. The molecule has 2 fully saturated rings. The molecule has 2 heterocycles. The van der Waals surface area contributed by atoms with Gasteiger partial charge in [0.1, 0.15) is 107 Å². The third kappa shape index (κ3) is 24.3. The number of methoxy groups -OCH3 is 1. The van der Waals surface area contributed by atoms with E-state index in [1.807, 2.05) is 91.9 Å². The van der Waals surface area contributed by atoms with Crippen LogP contribution in [0.15, 0.2) is 374 Å². The van der Waals surface area contributed by atoms with E-state index in [1.54, 1.807) is 219 Å². The van der Waals surface area contributed by atoms with Crippen molar-refractivity contribution in [3.8, 4) is 108 Å². The van der Waals surface area contributed by atoms with Crippen molar-refractivity contribution in [1.82, 2.24) is 0 Å². The Balaban J connectivity index is 0.00000370. The van der Waals surface area contributed by atoms with Crippen LogP contribution in [-0.4, -0.2) is 82.6 Å². The van der Waals surface area contributed by atoms with Gasteiger partial charge in [-0.15, -0.1) is 24.3 Å². The van der Waals surface area contributed by atoms with E-state index < -0.39 is 53.2 Å². The molecule has 0 spiro atoms. The molecule has 16 aromatic carbocycles. The van der Waals surface area contributed by atoms with E-state index in [2.05, 4.69) is 12.1 Å². The topological polar surface area (TPSA) is 293 Å². The van der Waals surface area contributed by atoms with Crippen molar-refractivity contribution < 1.29 is 307 Å².